The summed E-state index contributed by atoms with van der Waals surface area (Å²) in [5.41, 5.74) is -0.302. The quantitative estimate of drug-likeness (QED) is 0.216. The summed E-state index contributed by atoms with van der Waals surface area (Å²) in [5, 5.41) is 7.76. The highest BCUT2D eigenvalue weighted by Gasteiger charge is 2.43. The van der Waals surface area contributed by atoms with Crippen LogP contribution in [0.4, 0.5) is 36.1 Å². The molecule has 0 amide bonds. The van der Waals surface area contributed by atoms with Gasteiger partial charge < -0.3 is 4.90 Å². The number of alkyl halides is 3. The molecular formula is C20H25BrF3N5O2S. The van der Waals surface area contributed by atoms with Gasteiger partial charge in [-0.25, -0.2) is 9.19 Å². The topological polar surface area (TPSA) is 81.4 Å². The first-order valence-corrected chi connectivity index (χ1v) is 11.6. The molecule has 7 nitrogen and oxygen atoms in total. The summed E-state index contributed by atoms with van der Waals surface area (Å²) >= 11 is -0.129. The monoisotopic (exact) mass is 535 g/mol. The number of rotatable bonds is 9. The van der Waals surface area contributed by atoms with Crippen molar-refractivity contribution in [2.24, 2.45) is 22.1 Å². The molecule has 1 aromatic carbocycles. The Labute approximate surface area is 196 Å². The number of aromatic nitrogens is 1. The first-order chi connectivity index (χ1) is 14.9. The predicted octanol–water partition coefficient (Wildman–Crippen LogP) is 6.84. The molecule has 1 unspecified atom stereocenters. The Morgan fingerprint density at radius 1 is 1.09 bits per heavy atom. The van der Waals surface area contributed by atoms with E-state index in [9.17, 15) is 21.9 Å². The molecule has 176 valence electrons. The van der Waals surface area contributed by atoms with E-state index in [4.69, 9.17) is 0 Å². The molecule has 1 atom stereocenters. The zero-order chi connectivity index (χ0) is 24.1. The van der Waals surface area contributed by atoms with E-state index in [-0.39, 0.29) is 23.3 Å². The van der Waals surface area contributed by atoms with Crippen LogP contribution in [0.5, 0.6) is 0 Å². The van der Waals surface area contributed by atoms with Gasteiger partial charge in [-0.1, -0.05) is 27.7 Å². The van der Waals surface area contributed by atoms with Crippen LogP contribution < -0.4 is 9.21 Å². The van der Waals surface area contributed by atoms with Gasteiger partial charge in [-0.3, -0.25) is 4.55 Å². The molecule has 12 heteroatoms. The van der Waals surface area contributed by atoms with Gasteiger partial charge in [0.1, 0.15) is 5.69 Å². The molecule has 0 saturated carbocycles. The average molecular weight is 536 g/mol. The fourth-order valence-corrected chi connectivity index (χ4v) is 3.69. The SMILES string of the molecule is CC(C)CN(CC(C)C)c1ccc(N=Nc2ccc(Br)cn2)c(N(S(=O)O)C(F)(F)F)c1. The number of hydrogen-bond acceptors (Lipinski definition) is 5. The lowest BCUT2D eigenvalue weighted by molar-refractivity contribution is -0.115. The Balaban J connectivity index is 2.59. The molecule has 1 heterocycles. The van der Waals surface area contributed by atoms with E-state index in [1.54, 1.807) is 12.1 Å². The second kappa shape index (κ2) is 11.2. The van der Waals surface area contributed by atoms with Gasteiger partial charge in [-0.05, 0) is 58.1 Å². The van der Waals surface area contributed by atoms with E-state index in [2.05, 4.69) is 31.1 Å². The normalized spacial score (nSPS) is 13.2. The lowest BCUT2D eigenvalue weighted by Gasteiger charge is -2.30. The molecule has 0 radical (unpaired) electrons. The van der Waals surface area contributed by atoms with Gasteiger partial charge >= 0.3 is 6.30 Å². The summed E-state index contributed by atoms with van der Waals surface area (Å²) in [6, 6.07) is 7.39. The molecule has 2 rings (SSSR count). The highest BCUT2D eigenvalue weighted by molar-refractivity contribution is 9.10. The zero-order valence-corrected chi connectivity index (χ0v) is 20.4. The number of azo groups is 1. The predicted molar refractivity (Wildman–Crippen MR) is 124 cm³/mol. The highest BCUT2D eigenvalue weighted by Crippen LogP contribution is 2.40. The third-order valence-electron chi connectivity index (χ3n) is 4.07. The molecule has 0 aliphatic carbocycles. The number of anilines is 2. The standard InChI is InChI=1S/C20H25BrF3N5O2S/c1-13(2)11-28(12-14(3)4)16-6-7-17(26-27-19-8-5-15(21)10-25-19)18(9-16)29(32(30)31)20(22,23)24/h5-10,13-14H,11-12H2,1-4H3,(H,30,31). The maximum Gasteiger partial charge on any atom is 0.498 e. The lowest BCUT2D eigenvalue weighted by atomic mass is 10.1. The van der Waals surface area contributed by atoms with Crippen LogP contribution in [0.15, 0.2) is 51.2 Å². The van der Waals surface area contributed by atoms with E-state index in [0.717, 1.165) is 0 Å². The smallest absolute Gasteiger partial charge is 0.371 e. The van der Waals surface area contributed by atoms with Crippen LogP contribution in [0.25, 0.3) is 0 Å². The van der Waals surface area contributed by atoms with E-state index >= 15 is 0 Å². The van der Waals surface area contributed by atoms with Crippen molar-refractivity contribution in [1.82, 2.24) is 4.98 Å². The van der Waals surface area contributed by atoms with Crippen LogP contribution in [0.1, 0.15) is 27.7 Å². The Morgan fingerprint density at radius 3 is 2.19 bits per heavy atom. The molecule has 2 aromatic rings. The van der Waals surface area contributed by atoms with Gasteiger partial charge in [0.2, 0.25) is 0 Å². The Bertz CT molecular complexity index is 945. The molecule has 0 aliphatic heterocycles. The maximum atomic E-state index is 13.7. The fourth-order valence-electron chi connectivity index (χ4n) is 2.96. The molecule has 1 aromatic heterocycles. The van der Waals surface area contributed by atoms with Crippen molar-refractivity contribution in [2.45, 2.75) is 34.0 Å². The number of nitrogens with zero attached hydrogens (tertiary/aromatic N) is 5. The average Bonchev–Trinajstić information content (AvgIpc) is 2.65. The lowest BCUT2D eigenvalue weighted by Crippen LogP contribution is -2.39. The van der Waals surface area contributed by atoms with Crippen molar-refractivity contribution < 1.29 is 21.9 Å². The number of halogens is 4. The van der Waals surface area contributed by atoms with Crippen LogP contribution in [-0.2, 0) is 11.3 Å². The number of hydrogen-bond donors (Lipinski definition) is 1. The van der Waals surface area contributed by atoms with Gasteiger partial charge in [-0.2, -0.15) is 4.31 Å². The minimum Gasteiger partial charge on any atom is -0.371 e. The molecule has 0 spiro atoms. The summed E-state index contributed by atoms with van der Waals surface area (Å²) in [7, 11) is 0. The number of benzene rings is 1. The van der Waals surface area contributed by atoms with Crippen molar-refractivity contribution in [3.05, 3.63) is 41.0 Å². The van der Waals surface area contributed by atoms with Gasteiger partial charge in [0.25, 0.3) is 11.3 Å². The van der Waals surface area contributed by atoms with Gasteiger partial charge in [0, 0.05) is 29.4 Å². The summed E-state index contributed by atoms with van der Waals surface area (Å²) in [6.07, 6.45) is -3.64. The first-order valence-electron chi connectivity index (χ1n) is 9.78. The second-order valence-corrected chi connectivity index (χ2v) is 9.64. The Kier molecular flexibility index (Phi) is 9.17. The van der Waals surface area contributed by atoms with Crippen LogP contribution in [0.3, 0.4) is 0 Å². The van der Waals surface area contributed by atoms with Gasteiger partial charge in [0.15, 0.2) is 5.82 Å². The molecular weight excluding hydrogens is 511 g/mol. The minimum atomic E-state index is -5.11. The van der Waals surface area contributed by atoms with Crippen molar-refractivity contribution in [3.8, 4) is 0 Å². The van der Waals surface area contributed by atoms with Crippen molar-refractivity contribution in [2.75, 3.05) is 22.3 Å². The molecule has 0 saturated heterocycles. The van der Waals surface area contributed by atoms with E-state index in [1.165, 1.54) is 24.4 Å². The summed E-state index contributed by atoms with van der Waals surface area (Å²) in [6.45, 7) is 9.24. The number of pyridine rings is 1. The van der Waals surface area contributed by atoms with Crippen LogP contribution in [0, 0.1) is 11.8 Å². The van der Waals surface area contributed by atoms with Crippen LogP contribution >= 0.6 is 15.9 Å². The van der Waals surface area contributed by atoms with Crippen molar-refractivity contribution in [1.29, 1.82) is 0 Å². The molecule has 32 heavy (non-hydrogen) atoms. The van der Waals surface area contributed by atoms with E-state index in [1.807, 2.05) is 32.6 Å². The summed E-state index contributed by atoms with van der Waals surface area (Å²) in [5.74, 6) is 0.685. The molecule has 0 aliphatic rings. The summed E-state index contributed by atoms with van der Waals surface area (Å²) < 4.78 is 62.3. The summed E-state index contributed by atoms with van der Waals surface area (Å²) in [4.78, 5) is 5.95. The molecule has 0 bridgehead atoms. The Hall–Kier alpha value is -2.05. The zero-order valence-electron chi connectivity index (χ0n) is 18.0. The first kappa shape index (κ1) is 26.2. The van der Waals surface area contributed by atoms with Crippen LogP contribution in [0.2, 0.25) is 0 Å². The largest absolute Gasteiger partial charge is 0.498 e. The van der Waals surface area contributed by atoms with Crippen LogP contribution in [-0.4, -0.2) is 33.1 Å². The minimum absolute atomic E-state index is 0.174. The van der Waals surface area contributed by atoms with Crippen molar-refractivity contribution >= 4 is 50.1 Å². The van der Waals surface area contributed by atoms with E-state index in [0.29, 0.717) is 23.2 Å². The highest BCUT2D eigenvalue weighted by atomic mass is 79.9. The maximum absolute atomic E-state index is 13.7. The fraction of sp³-hybridized carbons (Fsp3) is 0.450. The molecule has 1 N–H and O–H groups in total. The van der Waals surface area contributed by atoms with Crippen molar-refractivity contribution in [3.63, 3.8) is 0 Å². The third-order valence-corrected chi connectivity index (χ3v) is 5.26. The second-order valence-electron chi connectivity index (χ2n) is 7.89. The van der Waals surface area contributed by atoms with Gasteiger partial charge in [-0.15, -0.1) is 23.4 Å². The van der Waals surface area contributed by atoms with Gasteiger partial charge in [0.05, 0.1) is 5.69 Å². The van der Waals surface area contributed by atoms with E-state index < -0.39 is 27.6 Å². The third kappa shape index (κ3) is 7.52. The molecule has 0 fully saturated rings. The Morgan fingerprint density at radius 2 is 1.72 bits per heavy atom.